The van der Waals surface area contributed by atoms with E-state index in [1.165, 1.54) is 12.1 Å². The summed E-state index contributed by atoms with van der Waals surface area (Å²) in [4.78, 5) is 13.0. The van der Waals surface area contributed by atoms with Crippen molar-refractivity contribution < 1.29 is 9.18 Å². The highest BCUT2D eigenvalue weighted by atomic mass is 32.2. The molecule has 4 heteroatoms. The van der Waals surface area contributed by atoms with E-state index < -0.39 is 0 Å². The third-order valence-corrected chi connectivity index (χ3v) is 3.18. The molecule has 2 aromatic carbocycles. The van der Waals surface area contributed by atoms with Crippen molar-refractivity contribution in [1.82, 2.24) is 0 Å². The molecule has 0 saturated carbocycles. The number of carbonyl (C=O) groups excluding carboxylic acids is 1. The van der Waals surface area contributed by atoms with Gasteiger partial charge < -0.3 is 5.32 Å². The zero-order valence-electron chi connectivity index (χ0n) is 9.81. The Kier molecular flexibility index (Phi) is 3.99. The number of anilines is 1. The van der Waals surface area contributed by atoms with Gasteiger partial charge in [0.1, 0.15) is 5.82 Å². The molecule has 1 N–H and O–H groups in total. The molecule has 0 saturated heterocycles. The van der Waals surface area contributed by atoms with Gasteiger partial charge in [0.05, 0.1) is 0 Å². The molecule has 0 aliphatic heterocycles. The summed E-state index contributed by atoms with van der Waals surface area (Å²) < 4.78 is 13.0. The van der Waals surface area contributed by atoms with Crippen LogP contribution in [0.25, 0.3) is 0 Å². The van der Waals surface area contributed by atoms with Crippen molar-refractivity contribution in [3.8, 4) is 0 Å². The van der Waals surface area contributed by atoms with Crippen LogP contribution in [0.3, 0.4) is 0 Å². The van der Waals surface area contributed by atoms with E-state index in [0.29, 0.717) is 11.3 Å². The van der Waals surface area contributed by atoms with Gasteiger partial charge in [-0.25, -0.2) is 4.39 Å². The first-order valence-corrected chi connectivity index (χ1v) is 6.62. The van der Waals surface area contributed by atoms with Gasteiger partial charge in [0.15, 0.2) is 0 Å². The highest BCUT2D eigenvalue weighted by Crippen LogP contribution is 2.16. The molecule has 2 nitrogen and oxygen atoms in total. The van der Waals surface area contributed by atoms with Gasteiger partial charge in [-0.3, -0.25) is 4.79 Å². The van der Waals surface area contributed by atoms with E-state index in [0.717, 1.165) is 4.90 Å². The number of hydrogen-bond acceptors (Lipinski definition) is 2. The fraction of sp³-hybridized carbons (Fsp3) is 0.0714. The minimum atomic E-state index is -0.370. The Balaban J connectivity index is 2.11. The van der Waals surface area contributed by atoms with Gasteiger partial charge in [0, 0.05) is 16.1 Å². The summed E-state index contributed by atoms with van der Waals surface area (Å²) in [5, 5.41) is 2.65. The summed E-state index contributed by atoms with van der Waals surface area (Å²) in [7, 11) is 0. The number of carbonyl (C=O) groups is 1. The van der Waals surface area contributed by atoms with E-state index >= 15 is 0 Å². The molecule has 0 unspecified atom stereocenters. The Morgan fingerprint density at radius 1 is 1.17 bits per heavy atom. The predicted molar refractivity (Wildman–Crippen MR) is 72.6 cm³/mol. The molecule has 0 radical (unpaired) electrons. The lowest BCUT2D eigenvalue weighted by Gasteiger charge is -2.05. The largest absolute Gasteiger partial charge is 0.322 e. The Bertz CT molecular complexity index is 554. The molecule has 0 aromatic heterocycles. The van der Waals surface area contributed by atoms with E-state index in [2.05, 4.69) is 5.32 Å². The number of nitrogens with one attached hydrogen (secondary N) is 1. The Hall–Kier alpha value is -1.81. The molecule has 2 aromatic rings. The lowest BCUT2D eigenvalue weighted by molar-refractivity contribution is 0.102. The van der Waals surface area contributed by atoms with Crippen LogP contribution in [0.4, 0.5) is 10.1 Å². The molecular formula is C14H12FNOS. The van der Waals surface area contributed by atoms with Crippen LogP contribution in [0, 0.1) is 5.82 Å². The van der Waals surface area contributed by atoms with E-state index in [9.17, 15) is 9.18 Å². The smallest absolute Gasteiger partial charge is 0.255 e. The van der Waals surface area contributed by atoms with Crippen molar-refractivity contribution in [2.45, 2.75) is 4.90 Å². The molecule has 0 spiro atoms. The van der Waals surface area contributed by atoms with Crippen molar-refractivity contribution in [3.63, 3.8) is 0 Å². The number of thioether (sulfide) groups is 1. The van der Waals surface area contributed by atoms with E-state index in [4.69, 9.17) is 0 Å². The number of benzene rings is 2. The van der Waals surface area contributed by atoms with Crippen molar-refractivity contribution in [2.24, 2.45) is 0 Å². The highest BCUT2D eigenvalue weighted by Gasteiger charge is 2.06. The first-order valence-electron chi connectivity index (χ1n) is 5.40. The second-order valence-corrected chi connectivity index (χ2v) is 4.57. The summed E-state index contributed by atoms with van der Waals surface area (Å²) in [5.74, 6) is -0.612. The van der Waals surface area contributed by atoms with Gasteiger partial charge in [-0.1, -0.05) is 6.07 Å². The molecule has 0 fully saturated rings. The molecule has 0 aliphatic rings. The first kappa shape index (κ1) is 12.6. The topological polar surface area (TPSA) is 29.1 Å². The average Bonchev–Trinajstić information content (AvgIpc) is 2.39. The maximum absolute atomic E-state index is 13.0. The van der Waals surface area contributed by atoms with Gasteiger partial charge in [0.2, 0.25) is 0 Å². The van der Waals surface area contributed by atoms with Gasteiger partial charge in [-0.15, -0.1) is 11.8 Å². The Morgan fingerprint density at radius 3 is 2.50 bits per heavy atom. The molecule has 92 valence electrons. The lowest BCUT2D eigenvalue weighted by Crippen LogP contribution is -2.11. The second kappa shape index (κ2) is 5.69. The molecule has 2 rings (SSSR count). The minimum absolute atomic E-state index is 0.242. The van der Waals surface area contributed by atoms with E-state index in [1.807, 2.05) is 18.4 Å². The Morgan fingerprint density at radius 2 is 1.89 bits per heavy atom. The normalized spacial score (nSPS) is 10.1. The van der Waals surface area contributed by atoms with Gasteiger partial charge in [-0.05, 0) is 48.7 Å². The maximum Gasteiger partial charge on any atom is 0.255 e. The fourth-order valence-electron chi connectivity index (χ4n) is 1.51. The van der Waals surface area contributed by atoms with Crippen LogP contribution in [0.15, 0.2) is 53.4 Å². The van der Waals surface area contributed by atoms with Gasteiger partial charge in [-0.2, -0.15) is 0 Å². The number of hydrogen-bond donors (Lipinski definition) is 1. The van der Waals surface area contributed by atoms with Crippen molar-refractivity contribution in [1.29, 1.82) is 0 Å². The number of amides is 1. The van der Waals surface area contributed by atoms with Crippen LogP contribution >= 0.6 is 11.8 Å². The third-order valence-electron chi connectivity index (χ3n) is 2.43. The fourth-order valence-corrected chi connectivity index (χ4v) is 1.92. The van der Waals surface area contributed by atoms with Crippen LogP contribution in [0.2, 0.25) is 0 Å². The molecule has 0 bridgehead atoms. The molecule has 18 heavy (non-hydrogen) atoms. The van der Waals surface area contributed by atoms with E-state index in [1.54, 1.807) is 36.0 Å². The summed E-state index contributed by atoms with van der Waals surface area (Å²) >= 11 is 1.61. The van der Waals surface area contributed by atoms with Crippen LogP contribution < -0.4 is 5.32 Å². The molecule has 0 heterocycles. The lowest BCUT2D eigenvalue weighted by atomic mass is 10.2. The number of halogens is 1. The van der Waals surface area contributed by atoms with Crippen molar-refractivity contribution in [2.75, 3.05) is 11.6 Å². The summed E-state index contributed by atoms with van der Waals surface area (Å²) in [6.07, 6.45) is 1.97. The van der Waals surface area contributed by atoms with Crippen LogP contribution in [-0.4, -0.2) is 12.2 Å². The molecule has 0 atom stereocenters. The molecule has 1 amide bonds. The predicted octanol–water partition coefficient (Wildman–Crippen LogP) is 3.80. The quantitative estimate of drug-likeness (QED) is 0.851. The zero-order chi connectivity index (χ0) is 13.0. The molecule has 0 aliphatic carbocycles. The Labute approximate surface area is 109 Å². The van der Waals surface area contributed by atoms with E-state index in [-0.39, 0.29) is 11.7 Å². The average molecular weight is 261 g/mol. The second-order valence-electron chi connectivity index (χ2n) is 3.69. The first-order chi connectivity index (χ1) is 8.69. The third kappa shape index (κ3) is 3.11. The van der Waals surface area contributed by atoms with Crippen molar-refractivity contribution in [3.05, 3.63) is 59.9 Å². The standard InChI is InChI=1S/C14H12FNOS/c1-18-13-7-5-10(6-8-13)14(17)16-12-4-2-3-11(15)9-12/h2-9H,1H3,(H,16,17). The van der Waals surface area contributed by atoms with Gasteiger partial charge >= 0.3 is 0 Å². The van der Waals surface area contributed by atoms with Crippen LogP contribution in [0.5, 0.6) is 0 Å². The highest BCUT2D eigenvalue weighted by molar-refractivity contribution is 7.98. The maximum atomic E-state index is 13.0. The minimum Gasteiger partial charge on any atom is -0.322 e. The van der Waals surface area contributed by atoms with Crippen molar-refractivity contribution >= 4 is 23.4 Å². The van der Waals surface area contributed by atoms with Crippen LogP contribution in [-0.2, 0) is 0 Å². The summed E-state index contributed by atoms with van der Waals surface area (Å²) in [6.45, 7) is 0. The SMILES string of the molecule is CSc1ccc(C(=O)Nc2cccc(F)c2)cc1. The molecular weight excluding hydrogens is 249 g/mol. The summed E-state index contributed by atoms with van der Waals surface area (Å²) in [6, 6.07) is 13.1. The number of rotatable bonds is 3. The monoisotopic (exact) mass is 261 g/mol. The zero-order valence-corrected chi connectivity index (χ0v) is 10.6. The summed E-state index contributed by atoms with van der Waals surface area (Å²) in [5.41, 5.74) is 1.01. The van der Waals surface area contributed by atoms with Crippen LogP contribution in [0.1, 0.15) is 10.4 Å². The van der Waals surface area contributed by atoms with Gasteiger partial charge in [0.25, 0.3) is 5.91 Å².